The Morgan fingerprint density at radius 3 is 2.70 bits per heavy atom. The van der Waals surface area contributed by atoms with Gasteiger partial charge in [-0.2, -0.15) is 0 Å². The van der Waals surface area contributed by atoms with E-state index in [2.05, 4.69) is 29.9 Å². The molecule has 0 unspecified atom stereocenters. The molecule has 0 fully saturated rings. The van der Waals surface area contributed by atoms with Gasteiger partial charge in [-0.1, -0.05) is 43.8 Å². The number of carbonyl (C=O) groups is 2. The third-order valence-corrected chi connectivity index (χ3v) is 6.51. The van der Waals surface area contributed by atoms with Crippen molar-refractivity contribution >= 4 is 34.9 Å². The lowest BCUT2D eigenvalue weighted by atomic mass is 10.0. The fourth-order valence-electron chi connectivity index (χ4n) is 3.09. The number of nitrogens with zero attached hydrogens (tertiary/aromatic N) is 3. The summed E-state index contributed by atoms with van der Waals surface area (Å²) in [7, 11) is 0. The zero-order valence-electron chi connectivity index (χ0n) is 17.5. The molecule has 0 aliphatic rings. The lowest BCUT2D eigenvalue weighted by Crippen LogP contribution is -2.25. The summed E-state index contributed by atoms with van der Waals surface area (Å²) in [6.45, 7) is 8.07. The van der Waals surface area contributed by atoms with Crippen LogP contribution in [-0.4, -0.2) is 38.6 Å². The first-order valence-corrected chi connectivity index (χ1v) is 11.7. The predicted molar refractivity (Wildman–Crippen MR) is 120 cm³/mol. The Hall–Kier alpha value is -2.45. The number of Topliss-reactive ketones (excluding diaryl/α,β-unsaturated/α-hetero) is 1. The first-order chi connectivity index (χ1) is 14.4. The number of benzene rings is 1. The average Bonchev–Trinajstić information content (AvgIpc) is 3.35. The molecule has 1 atom stereocenters. The molecule has 30 heavy (non-hydrogen) atoms. The lowest BCUT2D eigenvalue weighted by Gasteiger charge is -2.16. The van der Waals surface area contributed by atoms with Crippen molar-refractivity contribution in [3.8, 4) is 5.69 Å². The number of aryl methyl sites for hydroxylation is 1. The van der Waals surface area contributed by atoms with Gasteiger partial charge in [-0.3, -0.25) is 14.2 Å². The van der Waals surface area contributed by atoms with Crippen LogP contribution in [0.25, 0.3) is 5.69 Å². The molecule has 0 N–H and O–H groups in total. The van der Waals surface area contributed by atoms with Crippen LogP contribution in [0.2, 0.25) is 0 Å². The van der Waals surface area contributed by atoms with Crippen molar-refractivity contribution < 1.29 is 14.3 Å². The van der Waals surface area contributed by atoms with Crippen LogP contribution >= 0.6 is 23.1 Å². The second-order valence-electron chi connectivity index (χ2n) is 7.06. The van der Waals surface area contributed by atoms with Crippen molar-refractivity contribution in [1.29, 1.82) is 0 Å². The van der Waals surface area contributed by atoms with Gasteiger partial charge in [-0.25, -0.2) is 9.97 Å². The highest BCUT2D eigenvalue weighted by Gasteiger charge is 2.32. The molecular formula is C22H25N3O3S2. The summed E-state index contributed by atoms with van der Waals surface area (Å²) in [6.07, 6.45) is 3.61. The summed E-state index contributed by atoms with van der Waals surface area (Å²) >= 11 is 2.62. The summed E-state index contributed by atoms with van der Waals surface area (Å²) < 4.78 is 7.12. The van der Waals surface area contributed by atoms with Crippen molar-refractivity contribution in [2.24, 2.45) is 0 Å². The predicted octanol–water partition coefficient (Wildman–Crippen LogP) is 4.77. The first-order valence-electron chi connectivity index (χ1n) is 9.79. The van der Waals surface area contributed by atoms with Gasteiger partial charge in [0.15, 0.2) is 16.9 Å². The van der Waals surface area contributed by atoms with Gasteiger partial charge in [0.05, 0.1) is 18.0 Å². The lowest BCUT2D eigenvalue weighted by molar-refractivity contribution is -0.147. The number of ether oxygens (including phenoxy) is 1. The number of carbonyl (C=O) groups excluding carboxylic acids is 2. The van der Waals surface area contributed by atoms with Crippen LogP contribution in [0.1, 0.15) is 48.9 Å². The fraction of sp³-hybridized carbons (Fsp3) is 0.364. The molecule has 0 aliphatic carbocycles. The fourth-order valence-corrected chi connectivity index (χ4v) is 4.87. The number of imidazole rings is 1. The van der Waals surface area contributed by atoms with Crippen molar-refractivity contribution in [1.82, 2.24) is 14.5 Å². The van der Waals surface area contributed by atoms with Gasteiger partial charge in [0.1, 0.15) is 5.01 Å². The Kier molecular flexibility index (Phi) is 7.44. The Bertz CT molecular complexity index is 1030. The van der Waals surface area contributed by atoms with E-state index in [9.17, 15) is 9.59 Å². The molecule has 3 aromatic rings. The largest absolute Gasteiger partial charge is 0.465 e. The van der Waals surface area contributed by atoms with E-state index in [1.807, 2.05) is 41.3 Å². The molecule has 158 valence electrons. The third-order valence-electron chi connectivity index (χ3n) is 4.50. The third kappa shape index (κ3) is 4.99. The van der Waals surface area contributed by atoms with Crippen LogP contribution < -0.4 is 0 Å². The highest BCUT2D eigenvalue weighted by atomic mass is 32.2. The minimum Gasteiger partial charge on any atom is -0.465 e. The van der Waals surface area contributed by atoms with Crippen molar-refractivity contribution in [3.05, 3.63) is 58.3 Å². The van der Waals surface area contributed by atoms with Gasteiger partial charge in [-0.05, 0) is 31.4 Å². The zero-order valence-corrected chi connectivity index (χ0v) is 19.1. The van der Waals surface area contributed by atoms with E-state index < -0.39 is 11.9 Å². The van der Waals surface area contributed by atoms with Crippen LogP contribution in [0.3, 0.4) is 0 Å². The number of ketones is 1. The number of thiazole rings is 1. The Labute approximate surface area is 184 Å². The smallest absolute Gasteiger partial charge is 0.323 e. The highest BCUT2D eigenvalue weighted by Crippen LogP contribution is 2.29. The number of hydrogen-bond acceptors (Lipinski definition) is 7. The van der Waals surface area contributed by atoms with E-state index in [1.165, 1.54) is 28.7 Å². The maximum Gasteiger partial charge on any atom is 0.323 e. The molecule has 2 heterocycles. The van der Waals surface area contributed by atoms with Gasteiger partial charge >= 0.3 is 5.97 Å². The Morgan fingerprint density at radius 1 is 1.27 bits per heavy atom. The van der Waals surface area contributed by atoms with Crippen molar-refractivity contribution in [2.45, 2.75) is 44.7 Å². The van der Waals surface area contributed by atoms with E-state index in [0.717, 1.165) is 11.4 Å². The second-order valence-corrected chi connectivity index (χ2v) is 8.89. The van der Waals surface area contributed by atoms with E-state index in [-0.39, 0.29) is 18.1 Å². The minimum atomic E-state index is -0.998. The number of thioether (sulfide) groups is 1. The van der Waals surface area contributed by atoms with Gasteiger partial charge < -0.3 is 4.74 Å². The SMILES string of the molecule is CCOC(=O)[C@H](C(=O)CSc1nccn1-c1ccccc1C(C)C)c1nc(C)cs1. The standard InChI is InChI=1S/C22H25N3O3S2/c1-5-28-21(27)19(20-24-15(4)12-29-20)18(26)13-30-22-23-10-11-25(22)17-9-7-6-8-16(17)14(2)3/h6-12,14,19H,5,13H2,1-4H3/t19-/m1/s1. The Morgan fingerprint density at radius 2 is 2.03 bits per heavy atom. The van der Waals surface area contributed by atoms with E-state index in [1.54, 1.807) is 13.1 Å². The maximum absolute atomic E-state index is 13.0. The highest BCUT2D eigenvalue weighted by molar-refractivity contribution is 7.99. The molecule has 8 heteroatoms. The van der Waals surface area contributed by atoms with Gasteiger partial charge in [-0.15, -0.1) is 11.3 Å². The molecular weight excluding hydrogens is 418 g/mol. The van der Waals surface area contributed by atoms with E-state index in [4.69, 9.17) is 4.74 Å². The van der Waals surface area contributed by atoms with Crippen LogP contribution in [0.4, 0.5) is 0 Å². The topological polar surface area (TPSA) is 74.1 Å². The molecule has 2 aromatic heterocycles. The summed E-state index contributed by atoms with van der Waals surface area (Å²) in [5, 5.41) is 3.01. The van der Waals surface area contributed by atoms with Crippen LogP contribution in [0.5, 0.6) is 0 Å². The molecule has 0 spiro atoms. The quantitative estimate of drug-likeness (QED) is 0.269. The number of rotatable bonds is 9. The van der Waals surface area contributed by atoms with Crippen molar-refractivity contribution in [3.63, 3.8) is 0 Å². The molecule has 0 bridgehead atoms. The summed E-state index contributed by atoms with van der Waals surface area (Å²) in [5.74, 6) is -1.33. The number of para-hydroxylation sites is 1. The number of hydrogen-bond donors (Lipinski definition) is 0. The van der Waals surface area contributed by atoms with Crippen molar-refractivity contribution in [2.75, 3.05) is 12.4 Å². The second kappa shape index (κ2) is 10.0. The molecule has 0 radical (unpaired) electrons. The summed E-state index contributed by atoms with van der Waals surface area (Å²) in [4.78, 5) is 34.2. The normalized spacial score (nSPS) is 12.2. The van der Waals surface area contributed by atoms with Gasteiger partial charge in [0.25, 0.3) is 0 Å². The number of esters is 1. The monoisotopic (exact) mass is 443 g/mol. The van der Waals surface area contributed by atoms with Gasteiger partial charge in [0.2, 0.25) is 0 Å². The molecule has 6 nitrogen and oxygen atoms in total. The molecule has 0 saturated heterocycles. The molecule has 1 aromatic carbocycles. The minimum absolute atomic E-state index is 0.100. The Balaban J connectivity index is 1.81. The van der Waals surface area contributed by atoms with Gasteiger partial charge in [0, 0.05) is 23.5 Å². The van der Waals surface area contributed by atoms with Crippen LogP contribution in [0, 0.1) is 6.92 Å². The van der Waals surface area contributed by atoms with E-state index in [0.29, 0.717) is 16.1 Å². The average molecular weight is 444 g/mol. The maximum atomic E-state index is 13.0. The molecule has 0 amide bonds. The van der Waals surface area contributed by atoms with Crippen LogP contribution in [-0.2, 0) is 14.3 Å². The van der Waals surface area contributed by atoms with E-state index >= 15 is 0 Å². The molecule has 0 saturated carbocycles. The molecule has 3 rings (SSSR count). The summed E-state index contributed by atoms with van der Waals surface area (Å²) in [5.41, 5.74) is 3.02. The molecule has 0 aliphatic heterocycles. The summed E-state index contributed by atoms with van der Waals surface area (Å²) in [6, 6.07) is 8.15. The first kappa shape index (κ1) is 22.2. The zero-order chi connectivity index (χ0) is 21.7. The number of aromatic nitrogens is 3. The van der Waals surface area contributed by atoms with Crippen LogP contribution in [0.15, 0.2) is 47.2 Å².